The Hall–Kier alpha value is -6.78. The summed E-state index contributed by atoms with van der Waals surface area (Å²) in [6.07, 6.45) is 9.56. The lowest BCUT2D eigenvalue weighted by Gasteiger charge is -2.28. The van der Waals surface area contributed by atoms with Crippen LogP contribution >= 0.6 is 45.2 Å². The Bertz CT molecular complexity index is 3040. The molecular formula is C64H92I2N14O8. The van der Waals surface area contributed by atoms with Crippen molar-refractivity contribution in [2.75, 3.05) is 111 Å². The lowest BCUT2D eigenvalue weighted by atomic mass is 9.93. The fraction of sp³-hybridized carbons (Fsp3) is 0.500. The number of anilines is 6. The van der Waals surface area contributed by atoms with Crippen molar-refractivity contribution in [3.05, 3.63) is 107 Å². The van der Waals surface area contributed by atoms with Crippen molar-refractivity contribution in [2.45, 2.75) is 106 Å². The van der Waals surface area contributed by atoms with Gasteiger partial charge in [0.05, 0.1) is 37.6 Å². The van der Waals surface area contributed by atoms with Crippen LogP contribution in [0.15, 0.2) is 84.9 Å². The first kappa shape index (κ1) is 72.0. The van der Waals surface area contributed by atoms with E-state index in [1.54, 1.807) is 42.5 Å². The second kappa shape index (κ2) is 37.9. The highest BCUT2D eigenvalue weighted by molar-refractivity contribution is 14.1. The number of nitrogens with one attached hydrogen (secondary N) is 6. The van der Waals surface area contributed by atoms with E-state index >= 15 is 0 Å². The van der Waals surface area contributed by atoms with Crippen LogP contribution in [0, 0.1) is 10.8 Å². The van der Waals surface area contributed by atoms with E-state index in [4.69, 9.17) is 18.9 Å². The number of rotatable bonds is 24. The number of hydrogen-bond donors (Lipinski definition) is 8. The van der Waals surface area contributed by atoms with Gasteiger partial charge in [-0.15, -0.1) is 0 Å². The minimum absolute atomic E-state index is 0.0871. The third kappa shape index (κ3) is 27.3. The van der Waals surface area contributed by atoms with E-state index in [1.165, 1.54) is 40.6 Å². The first-order chi connectivity index (χ1) is 42.2. The summed E-state index contributed by atoms with van der Waals surface area (Å²) in [5.74, 6) is 2.02. The molecule has 480 valence electrons. The number of carbonyl (C=O) groups excluding carboxylic acids is 2. The molecule has 8 rings (SSSR count). The maximum absolute atomic E-state index is 13.3. The number of halogens is 2. The van der Waals surface area contributed by atoms with Gasteiger partial charge < -0.3 is 70.9 Å². The molecule has 0 radical (unpaired) electrons. The topological polar surface area (TPSA) is 268 Å². The summed E-state index contributed by atoms with van der Waals surface area (Å²) in [4.78, 5) is 56.4. The fourth-order valence-electron chi connectivity index (χ4n) is 9.14. The quantitative estimate of drug-likeness (QED) is 0.0159. The van der Waals surface area contributed by atoms with Gasteiger partial charge in [-0.3, -0.25) is 9.59 Å². The monoisotopic (exact) mass is 1440 g/mol. The number of aromatic hydroxyl groups is 2. The van der Waals surface area contributed by atoms with Crippen LogP contribution in [-0.2, 0) is 13.1 Å². The van der Waals surface area contributed by atoms with Gasteiger partial charge in [0.25, 0.3) is 11.8 Å². The fourth-order valence-corrected chi connectivity index (χ4v) is 10.2. The molecule has 6 bridgehead atoms. The average Bonchev–Trinajstić information content (AvgIpc) is 2.12. The average molecular weight is 1440 g/mol. The maximum atomic E-state index is 13.3. The highest BCUT2D eigenvalue weighted by Crippen LogP contribution is 2.29. The Morgan fingerprint density at radius 1 is 0.636 bits per heavy atom. The van der Waals surface area contributed by atoms with Gasteiger partial charge in [-0.2, -0.15) is 29.9 Å². The van der Waals surface area contributed by atoms with Gasteiger partial charge in [-0.1, -0.05) is 110 Å². The smallest absolute Gasteiger partial charge is 0.323 e. The summed E-state index contributed by atoms with van der Waals surface area (Å²) in [6.45, 7) is 17.6. The van der Waals surface area contributed by atoms with E-state index in [9.17, 15) is 19.8 Å². The molecule has 0 aliphatic carbocycles. The van der Waals surface area contributed by atoms with Crippen molar-refractivity contribution in [3.8, 4) is 35.0 Å². The zero-order valence-electron chi connectivity index (χ0n) is 52.9. The van der Waals surface area contributed by atoms with Crippen LogP contribution in [0.4, 0.5) is 35.2 Å². The summed E-state index contributed by atoms with van der Waals surface area (Å²) in [5, 5.41) is 38.6. The number of amides is 2. The normalized spacial score (nSPS) is 12.7. The molecule has 2 amide bonds. The summed E-state index contributed by atoms with van der Waals surface area (Å²) in [7, 11) is 8.03. The van der Waals surface area contributed by atoms with Gasteiger partial charge >= 0.3 is 12.0 Å². The van der Waals surface area contributed by atoms with Crippen molar-refractivity contribution in [1.29, 1.82) is 0 Å². The van der Waals surface area contributed by atoms with Crippen LogP contribution in [0.1, 0.15) is 125 Å². The highest BCUT2D eigenvalue weighted by Gasteiger charge is 2.24. The Balaban J connectivity index is 0.000000287. The maximum Gasteiger partial charge on any atom is 0.323 e. The van der Waals surface area contributed by atoms with Gasteiger partial charge in [0.1, 0.15) is 23.0 Å². The summed E-state index contributed by atoms with van der Waals surface area (Å²) >= 11 is 4.87. The molecule has 6 aromatic rings. The number of ether oxygens (including phenoxy) is 4. The Kier molecular flexibility index (Phi) is 31.0. The Morgan fingerprint density at radius 2 is 1.20 bits per heavy atom. The lowest BCUT2D eigenvalue weighted by molar-refractivity contribution is 0.0918. The molecule has 88 heavy (non-hydrogen) atoms. The minimum Gasteiger partial charge on any atom is -0.508 e. The Morgan fingerprint density at radius 3 is 1.80 bits per heavy atom. The van der Waals surface area contributed by atoms with E-state index < -0.39 is 0 Å². The van der Waals surface area contributed by atoms with Gasteiger partial charge in [-0.05, 0) is 160 Å². The molecule has 22 nitrogen and oxygen atoms in total. The molecule has 8 N–H and O–H groups in total. The number of hydrogen-bond acceptors (Lipinski definition) is 20. The molecule has 0 spiro atoms. The van der Waals surface area contributed by atoms with Crippen LogP contribution in [-0.4, -0.2) is 151 Å². The van der Waals surface area contributed by atoms with Gasteiger partial charge in [0.15, 0.2) is 0 Å². The third-order valence-electron chi connectivity index (χ3n) is 13.0. The van der Waals surface area contributed by atoms with Crippen LogP contribution in [0.3, 0.4) is 0 Å². The summed E-state index contributed by atoms with van der Waals surface area (Å²) in [5.41, 5.74) is 3.60. The molecule has 2 aliphatic rings. The van der Waals surface area contributed by atoms with E-state index in [2.05, 4.69) is 144 Å². The SMILES string of the molecule is CCOc1nc(NCc2ccc(O)cc2)nc(Nc2ccc(C(=O)NCC(C)(C)CN(C)C)c(O)c2)n1.CCOc1nc2nc(n1)Nc1ccc(C(=O)NCC(C)(C)CN(C)C)c(c1)OCCCCCCOc1ccc(cc1)CN2.ICCCCCCI. The predicted molar refractivity (Wildman–Crippen MR) is 367 cm³/mol. The zero-order chi connectivity index (χ0) is 63.9. The van der Waals surface area contributed by atoms with Crippen LogP contribution < -0.4 is 50.8 Å². The van der Waals surface area contributed by atoms with Crippen LogP contribution in [0.25, 0.3) is 0 Å². The number of phenols is 2. The summed E-state index contributed by atoms with van der Waals surface area (Å²) in [6, 6.07) is 25.2. The van der Waals surface area contributed by atoms with Crippen molar-refractivity contribution in [3.63, 3.8) is 0 Å². The van der Waals surface area contributed by atoms with Gasteiger partial charge in [0, 0.05) is 62.8 Å². The molecule has 0 saturated heterocycles. The molecule has 0 fully saturated rings. The number of nitrogens with zero attached hydrogens (tertiary/aromatic N) is 8. The lowest BCUT2D eigenvalue weighted by Crippen LogP contribution is -2.40. The standard InChI is InChI=1S/C32H45N7O4.C26H35N7O4.C6H12I2/c1-6-41-31-37-29-33-20-23-11-14-25(15-12-23)42-17-9-7-8-10-18-43-27-19-24(35-30(36-29)38-31)13-16-26(27)28(40)34-21-32(2,3)22-39(4)5;1-6-37-25-31-23(27-14-17-7-10-19(34)11-8-17)30-24(32-25)29-18-9-12-20(21(35)13-18)22(36)28-15-26(2,3)16-33(4)5;7-5-3-1-2-4-6-8/h11-16,19H,6-10,17-18,20-22H2,1-5H3,(H,34,40)(H2,33,35,36,37,38);7-13,34-35H,6,14-16H2,1-5H3,(H,28,36)(H2,27,29,30,31,32);1-6H2. The van der Waals surface area contributed by atoms with E-state index in [-0.39, 0.29) is 63.6 Å². The molecular weight excluding hydrogens is 1350 g/mol. The first-order valence-electron chi connectivity index (χ1n) is 30.0. The molecule has 24 heteroatoms. The summed E-state index contributed by atoms with van der Waals surface area (Å²) < 4.78 is 25.8. The van der Waals surface area contributed by atoms with Crippen molar-refractivity contribution >= 4 is 92.2 Å². The molecule has 2 aromatic heterocycles. The second-order valence-electron chi connectivity index (χ2n) is 23.2. The van der Waals surface area contributed by atoms with Crippen LogP contribution in [0.5, 0.6) is 35.0 Å². The molecule has 4 heterocycles. The minimum atomic E-state index is -0.351. The molecule has 0 saturated carbocycles. The first-order valence-corrected chi connectivity index (χ1v) is 33.1. The number of phenolic OH excluding ortho intramolecular Hbond substituents is 2. The second-order valence-corrected chi connectivity index (χ2v) is 25.3. The van der Waals surface area contributed by atoms with Gasteiger partial charge in [-0.25, -0.2) is 0 Å². The molecule has 0 atom stereocenters. The van der Waals surface area contributed by atoms with Gasteiger partial charge in [0.2, 0.25) is 23.8 Å². The third-order valence-corrected chi connectivity index (χ3v) is 14.6. The number of unbranched alkanes of at least 4 members (excludes halogenated alkanes) is 3. The number of aromatic nitrogens is 6. The Labute approximate surface area is 547 Å². The van der Waals surface area contributed by atoms with E-state index in [0.29, 0.717) is 87.2 Å². The van der Waals surface area contributed by atoms with Crippen LogP contribution in [0.2, 0.25) is 0 Å². The van der Waals surface area contributed by atoms with E-state index in [1.807, 2.05) is 78.4 Å². The largest absolute Gasteiger partial charge is 0.508 e. The number of benzene rings is 4. The van der Waals surface area contributed by atoms with Crippen molar-refractivity contribution < 1.29 is 38.7 Å². The molecule has 0 unspecified atom stereocenters. The number of alkyl halides is 2. The molecule has 4 aromatic carbocycles. The van der Waals surface area contributed by atoms with Crippen molar-refractivity contribution in [2.24, 2.45) is 10.8 Å². The predicted octanol–water partition coefficient (Wildman–Crippen LogP) is 12.0. The zero-order valence-corrected chi connectivity index (χ0v) is 57.2. The van der Waals surface area contributed by atoms with Crippen molar-refractivity contribution in [1.82, 2.24) is 50.3 Å². The highest BCUT2D eigenvalue weighted by atomic mass is 127. The van der Waals surface area contributed by atoms with E-state index in [0.717, 1.165) is 55.6 Å². The molecule has 2 aliphatic heterocycles. The number of carbonyl (C=O) groups is 2. The number of fused-ring (bicyclic) bond motifs is 10.